The average Bonchev–Trinajstić information content (AvgIpc) is 2.89. The number of benzene rings is 3. The molecule has 43 heavy (non-hydrogen) atoms. The molecule has 0 saturated carbocycles. The van der Waals surface area contributed by atoms with Crippen LogP contribution in [0.2, 0.25) is 15.1 Å². The highest BCUT2D eigenvalue weighted by atomic mass is 35.5. The van der Waals surface area contributed by atoms with Crippen LogP contribution in [0.4, 0.5) is 18.9 Å². The van der Waals surface area contributed by atoms with Gasteiger partial charge in [-0.25, -0.2) is 8.42 Å². The maximum atomic E-state index is 14.0. The van der Waals surface area contributed by atoms with Crippen LogP contribution in [0.5, 0.6) is 0 Å². The first-order valence-corrected chi connectivity index (χ1v) is 15.9. The lowest BCUT2D eigenvalue weighted by Crippen LogP contribution is -2.54. The summed E-state index contributed by atoms with van der Waals surface area (Å²) in [7, 11) is -4.30. The Morgan fingerprint density at radius 2 is 1.58 bits per heavy atom. The zero-order chi connectivity index (χ0) is 32.1. The van der Waals surface area contributed by atoms with Crippen LogP contribution in [0, 0.1) is 0 Å². The number of hydrogen-bond acceptors (Lipinski definition) is 4. The van der Waals surface area contributed by atoms with Gasteiger partial charge in [0, 0.05) is 29.1 Å². The van der Waals surface area contributed by atoms with Gasteiger partial charge in [-0.1, -0.05) is 71.2 Å². The van der Waals surface area contributed by atoms with Gasteiger partial charge in [-0.05, 0) is 55.3 Å². The van der Waals surface area contributed by atoms with E-state index in [1.807, 2.05) is 0 Å². The molecule has 2 amide bonds. The summed E-state index contributed by atoms with van der Waals surface area (Å²) < 4.78 is 67.0. The third-order valence-corrected chi connectivity index (χ3v) is 8.34. The van der Waals surface area contributed by atoms with Crippen molar-refractivity contribution in [2.75, 3.05) is 17.1 Å². The predicted octanol–water partition coefficient (Wildman–Crippen LogP) is 6.60. The van der Waals surface area contributed by atoms with E-state index in [4.69, 9.17) is 34.8 Å². The fraction of sp³-hybridized carbons (Fsp3) is 0.310. The third kappa shape index (κ3) is 9.50. The molecule has 0 bridgehead atoms. The van der Waals surface area contributed by atoms with Crippen LogP contribution >= 0.6 is 34.8 Å². The Balaban J connectivity index is 2.13. The molecule has 3 rings (SSSR count). The summed E-state index contributed by atoms with van der Waals surface area (Å²) in [5, 5.41) is 2.68. The predicted molar refractivity (Wildman–Crippen MR) is 163 cm³/mol. The number of amides is 2. The molecule has 0 aliphatic carbocycles. The highest BCUT2D eigenvalue weighted by Gasteiger charge is 2.36. The Morgan fingerprint density at radius 1 is 0.930 bits per heavy atom. The van der Waals surface area contributed by atoms with Crippen LogP contribution in [-0.4, -0.2) is 50.0 Å². The van der Waals surface area contributed by atoms with Crippen LogP contribution in [0.1, 0.15) is 30.5 Å². The molecule has 0 aliphatic rings. The lowest BCUT2D eigenvalue weighted by molar-refractivity contribution is -0.140. The lowest BCUT2D eigenvalue weighted by atomic mass is 10.0. The SMILES string of the molecule is CC(C)NC(=O)[C@@H](Cc1ccccc1)N(Cc1ccc(Cl)cc1Cl)C(=O)CN(c1ccc(Cl)c(C(F)(F)F)c1)S(C)(=O)=O. The molecule has 0 aromatic heterocycles. The van der Waals surface area contributed by atoms with Gasteiger partial charge in [-0.2, -0.15) is 13.2 Å². The van der Waals surface area contributed by atoms with Crippen LogP contribution < -0.4 is 9.62 Å². The van der Waals surface area contributed by atoms with Gasteiger partial charge in [0.15, 0.2) is 0 Å². The first-order valence-electron chi connectivity index (χ1n) is 12.9. The number of halogens is 6. The van der Waals surface area contributed by atoms with Crippen molar-refractivity contribution < 1.29 is 31.2 Å². The second-order valence-electron chi connectivity index (χ2n) is 10.1. The van der Waals surface area contributed by atoms with Gasteiger partial charge in [0.25, 0.3) is 0 Å². The Hall–Kier alpha value is -2.99. The fourth-order valence-corrected chi connectivity index (χ4v) is 5.80. The smallest absolute Gasteiger partial charge is 0.352 e. The molecule has 0 unspecified atom stereocenters. The van der Waals surface area contributed by atoms with Gasteiger partial charge in [0.1, 0.15) is 12.6 Å². The number of sulfonamides is 1. The quantitative estimate of drug-likeness (QED) is 0.248. The van der Waals surface area contributed by atoms with Crippen molar-refractivity contribution in [3.8, 4) is 0 Å². The minimum atomic E-state index is -4.88. The number of carbonyl (C=O) groups is 2. The van der Waals surface area contributed by atoms with Crippen molar-refractivity contribution in [3.63, 3.8) is 0 Å². The molecule has 0 spiro atoms. The number of hydrogen-bond donors (Lipinski definition) is 1. The van der Waals surface area contributed by atoms with Crippen LogP contribution in [0.25, 0.3) is 0 Å². The standard InChI is InChI=1S/C29H29Cl3F3N3O4S/c1-18(2)36-28(40)26(13-19-7-5-4-6-8-19)37(16-20-9-10-21(30)14-25(20)32)27(39)17-38(43(3,41)42)22-11-12-24(31)23(15-22)29(33,34)35/h4-12,14-15,18,26H,13,16-17H2,1-3H3,(H,36,40)/t26-/m1/s1. The van der Waals surface area contributed by atoms with Gasteiger partial charge < -0.3 is 10.2 Å². The minimum absolute atomic E-state index is 0.0500. The molecule has 14 heteroatoms. The molecule has 232 valence electrons. The van der Waals surface area contributed by atoms with E-state index in [0.717, 1.165) is 18.4 Å². The summed E-state index contributed by atoms with van der Waals surface area (Å²) in [5.41, 5.74) is -0.579. The zero-order valence-corrected chi connectivity index (χ0v) is 26.4. The van der Waals surface area contributed by atoms with Crippen molar-refractivity contribution in [3.05, 3.63) is 98.5 Å². The molecular formula is C29H29Cl3F3N3O4S. The number of anilines is 1. The van der Waals surface area contributed by atoms with Gasteiger partial charge in [0.2, 0.25) is 21.8 Å². The number of nitrogens with one attached hydrogen (secondary N) is 1. The number of alkyl halides is 3. The van der Waals surface area contributed by atoms with Crippen molar-refractivity contribution >= 4 is 62.3 Å². The maximum absolute atomic E-state index is 14.0. The number of carbonyl (C=O) groups excluding carboxylic acids is 2. The summed E-state index contributed by atoms with van der Waals surface area (Å²) in [4.78, 5) is 28.8. The van der Waals surface area contributed by atoms with E-state index in [1.165, 1.54) is 11.0 Å². The van der Waals surface area contributed by atoms with E-state index < -0.39 is 56.9 Å². The Kier molecular flexibility index (Phi) is 11.4. The van der Waals surface area contributed by atoms with Crippen molar-refractivity contribution in [2.45, 2.75) is 45.1 Å². The molecule has 1 N–H and O–H groups in total. The summed E-state index contributed by atoms with van der Waals surface area (Å²) >= 11 is 18.2. The zero-order valence-electron chi connectivity index (χ0n) is 23.3. The Morgan fingerprint density at radius 3 is 2.14 bits per heavy atom. The van der Waals surface area contributed by atoms with Crippen molar-refractivity contribution in [1.82, 2.24) is 10.2 Å². The van der Waals surface area contributed by atoms with Gasteiger partial charge in [0.05, 0.1) is 22.5 Å². The van der Waals surface area contributed by atoms with E-state index in [1.54, 1.807) is 56.3 Å². The van der Waals surface area contributed by atoms with Crippen LogP contribution in [-0.2, 0) is 38.8 Å². The summed E-state index contributed by atoms with van der Waals surface area (Å²) in [6.07, 6.45) is -4.07. The Labute approximate surface area is 263 Å². The van der Waals surface area contributed by atoms with Gasteiger partial charge in [-0.15, -0.1) is 0 Å². The average molecular weight is 679 g/mol. The van der Waals surface area contributed by atoms with Crippen molar-refractivity contribution in [1.29, 1.82) is 0 Å². The molecule has 3 aromatic carbocycles. The molecular weight excluding hydrogens is 650 g/mol. The topological polar surface area (TPSA) is 86.8 Å². The minimum Gasteiger partial charge on any atom is -0.352 e. The molecule has 7 nitrogen and oxygen atoms in total. The van der Waals surface area contributed by atoms with Gasteiger partial charge >= 0.3 is 6.18 Å². The first-order chi connectivity index (χ1) is 20.0. The highest BCUT2D eigenvalue weighted by molar-refractivity contribution is 7.92. The van der Waals surface area contributed by atoms with E-state index >= 15 is 0 Å². The molecule has 1 atom stereocenters. The van der Waals surface area contributed by atoms with E-state index in [0.29, 0.717) is 26.5 Å². The lowest BCUT2D eigenvalue weighted by Gasteiger charge is -2.34. The van der Waals surface area contributed by atoms with E-state index in [9.17, 15) is 31.2 Å². The highest BCUT2D eigenvalue weighted by Crippen LogP contribution is 2.37. The van der Waals surface area contributed by atoms with E-state index in [2.05, 4.69) is 5.32 Å². The maximum Gasteiger partial charge on any atom is 0.417 e. The fourth-order valence-electron chi connectivity index (χ4n) is 4.27. The second kappa shape index (κ2) is 14.2. The normalized spacial score (nSPS) is 12.6. The first kappa shape index (κ1) is 34.5. The molecule has 0 radical (unpaired) electrons. The third-order valence-electron chi connectivity index (χ3n) is 6.28. The molecule has 3 aromatic rings. The van der Waals surface area contributed by atoms with Gasteiger partial charge in [-0.3, -0.25) is 13.9 Å². The molecule has 0 aliphatic heterocycles. The molecule has 0 saturated heterocycles. The monoisotopic (exact) mass is 677 g/mol. The second-order valence-corrected chi connectivity index (χ2v) is 13.2. The van der Waals surface area contributed by atoms with Crippen LogP contribution in [0.3, 0.4) is 0 Å². The summed E-state index contributed by atoms with van der Waals surface area (Å²) in [5.74, 6) is -1.38. The summed E-state index contributed by atoms with van der Waals surface area (Å²) in [6.45, 7) is 2.33. The summed E-state index contributed by atoms with van der Waals surface area (Å²) in [6, 6.07) is 14.5. The number of rotatable bonds is 11. The van der Waals surface area contributed by atoms with Crippen LogP contribution in [0.15, 0.2) is 66.7 Å². The molecule has 0 heterocycles. The Bertz CT molecular complexity index is 1570. The van der Waals surface area contributed by atoms with Crippen molar-refractivity contribution in [2.24, 2.45) is 0 Å². The number of nitrogens with zero attached hydrogens (tertiary/aromatic N) is 2. The van der Waals surface area contributed by atoms with E-state index in [-0.39, 0.29) is 24.0 Å². The molecule has 0 fully saturated rings. The largest absolute Gasteiger partial charge is 0.417 e.